The van der Waals surface area contributed by atoms with Gasteiger partial charge >= 0.3 is 0 Å². The van der Waals surface area contributed by atoms with Crippen LogP contribution in [0.5, 0.6) is 0 Å². The lowest BCUT2D eigenvalue weighted by Crippen LogP contribution is -2.35. The molecule has 0 radical (unpaired) electrons. The van der Waals surface area contributed by atoms with Crippen molar-refractivity contribution in [3.8, 4) is 0 Å². The Kier molecular flexibility index (Phi) is 3.78. The molecule has 1 aliphatic rings. The van der Waals surface area contributed by atoms with Crippen LogP contribution < -0.4 is 0 Å². The summed E-state index contributed by atoms with van der Waals surface area (Å²) in [5.74, 6) is 0. The zero-order chi connectivity index (χ0) is 9.90. The number of nitrogens with zero attached hydrogens (tertiary/aromatic N) is 1. The molecule has 0 atom stereocenters. The van der Waals surface area contributed by atoms with E-state index in [4.69, 9.17) is 0 Å². The minimum absolute atomic E-state index is 0.668. The van der Waals surface area contributed by atoms with Gasteiger partial charge in [0.05, 0.1) is 0 Å². The molecule has 0 unspecified atom stereocenters. The van der Waals surface area contributed by atoms with Crippen molar-refractivity contribution in [2.75, 3.05) is 14.1 Å². The van der Waals surface area contributed by atoms with Crippen LogP contribution in [0.15, 0.2) is 0 Å². The highest BCUT2D eigenvalue weighted by atomic mass is 15.1. The fourth-order valence-electron chi connectivity index (χ4n) is 2.67. The third-order valence-electron chi connectivity index (χ3n) is 3.75. The van der Waals surface area contributed by atoms with E-state index in [2.05, 4.69) is 32.8 Å². The first kappa shape index (κ1) is 11.0. The van der Waals surface area contributed by atoms with E-state index in [-0.39, 0.29) is 0 Å². The van der Waals surface area contributed by atoms with E-state index in [1.54, 1.807) is 0 Å². The molecule has 0 amide bonds. The Bertz CT molecular complexity index is 143. The van der Waals surface area contributed by atoms with Crippen molar-refractivity contribution < 1.29 is 0 Å². The molecule has 0 heterocycles. The fourth-order valence-corrected chi connectivity index (χ4v) is 2.67. The zero-order valence-corrected chi connectivity index (χ0v) is 9.77. The Morgan fingerprint density at radius 3 is 2.15 bits per heavy atom. The van der Waals surface area contributed by atoms with E-state index in [1.807, 2.05) is 0 Å². The summed E-state index contributed by atoms with van der Waals surface area (Å²) >= 11 is 0. The van der Waals surface area contributed by atoms with Gasteiger partial charge in [-0.25, -0.2) is 0 Å². The normalized spacial score (nSPS) is 35.3. The van der Waals surface area contributed by atoms with Crippen molar-refractivity contribution in [2.24, 2.45) is 5.41 Å². The second-order valence-electron chi connectivity index (χ2n) is 5.26. The van der Waals surface area contributed by atoms with E-state index in [1.165, 1.54) is 38.5 Å². The fraction of sp³-hybridized carbons (Fsp3) is 1.00. The van der Waals surface area contributed by atoms with E-state index in [0.717, 1.165) is 6.04 Å². The van der Waals surface area contributed by atoms with Crippen molar-refractivity contribution in [1.29, 1.82) is 0 Å². The molecule has 0 spiro atoms. The quantitative estimate of drug-likeness (QED) is 0.649. The second kappa shape index (κ2) is 4.45. The van der Waals surface area contributed by atoms with Crippen LogP contribution >= 0.6 is 0 Å². The molecule has 1 heteroatoms. The van der Waals surface area contributed by atoms with E-state index >= 15 is 0 Å². The van der Waals surface area contributed by atoms with Gasteiger partial charge in [-0.05, 0) is 51.6 Å². The van der Waals surface area contributed by atoms with E-state index in [0.29, 0.717) is 5.41 Å². The highest BCUT2D eigenvalue weighted by Gasteiger charge is 2.30. The molecular formula is C12H25N. The van der Waals surface area contributed by atoms with Gasteiger partial charge in [-0.1, -0.05) is 20.3 Å². The highest BCUT2D eigenvalue weighted by Crippen LogP contribution is 2.40. The van der Waals surface area contributed by atoms with Gasteiger partial charge < -0.3 is 4.90 Å². The Morgan fingerprint density at radius 2 is 1.77 bits per heavy atom. The Balaban J connectivity index is 2.37. The maximum Gasteiger partial charge on any atom is 0.00895 e. The van der Waals surface area contributed by atoms with Crippen LogP contribution in [0.3, 0.4) is 0 Å². The molecule has 0 bridgehead atoms. The minimum atomic E-state index is 0.668. The number of rotatable bonds is 3. The van der Waals surface area contributed by atoms with Crippen molar-refractivity contribution in [3.63, 3.8) is 0 Å². The van der Waals surface area contributed by atoms with Crippen molar-refractivity contribution >= 4 is 0 Å². The molecule has 13 heavy (non-hydrogen) atoms. The van der Waals surface area contributed by atoms with Gasteiger partial charge in [0, 0.05) is 6.04 Å². The summed E-state index contributed by atoms with van der Waals surface area (Å²) in [6.07, 6.45) is 8.46. The molecule has 1 aliphatic carbocycles. The van der Waals surface area contributed by atoms with Crippen molar-refractivity contribution in [1.82, 2.24) is 4.90 Å². The topological polar surface area (TPSA) is 3.24 Å². The molecule has 1 saturated carbocycles. The third kappa shape index (κ3) is 2.98. The lowest BCUT2D eigenvalue weighted by atomic mass is 9.71. The zero-order valence-electron chi connectivity index (χ0n) is 9.77. The molecular weight excluding hydrogens is 158 g/mol. The maximum absolute atomic E-state index is 2.47. The summed E-state index contributed by atoms with van der Waals surface area (Å²) in [6.45, 7) is 4.78. The smallest absolute Gasteiger partial charge is 0.00895 e. The molecule has 0 saturated heterocycles. The van der Waals surface area contributed by atoms with Gasteiger partial charge in [-0.2, -0.15) is 0 Å². The third-order valence-corrected chi connectivity index (χ3v) is 3.75. The SMILES string of the molecule is CCCC1(C)CCC(N(C)C)CC1. The molecule has 0 aromatic rings. The van der Waals surface area contributed by atoms with Gasteiger partial charge in [0.1, 0.15) is 0 Å². The predicted molar refractivity (Wildman–Crippen MR) is 59.0 cm³/mol. The van der Waals surface area contributed by atoms with Gasteiger partial charge in [-0.15, -0.1) is 0 Å². The summed E-state index contributed by atoms with van der Waals surface area (Å²) < 4.78 is 0. The molecule has 0 N–H and O–H groups in total. The molecule has 78 valence electrons. The standard InChI is InChI=1S/C12H25N/c1-5-8-12(2)9-6-11(7-10-12)13(3)4/h11H,5-10H2,1-4H3. The van der Waals surface area contributed by atoms with Gasteiger partial charge in [0.25, 0.3) is 0 Å². The van der Waals surface area contributed by atoms with Crippen LogP contribution in [0.25, 0.3) is 0 Å². The summed E-state index contributed by atoms with van der Waals surface area (Å²) in [7, 11) is 4.43. The van der Waals surface area contributed by atoms with Crippen LogP contribution in [-0.4, -0.2) is 25.0 Å². The van der Waals surface area contributed by atoms with E-state index in [9.17, 15) is 0 Å². The van der Waals surface area contributed by atoms with Crippen LogP contribution in [0.1, 0.15) is 52.4 Å². The van der Waals surface area contributed by atoms with E-state index < -0.39 is 0 Å². The summed E-state index contributed by atoms with van der Waals surface area (Å²) in [4.78, 5) is 2.39. The van der Waals surface area contributed by atoms with Gasteiger partial charge in [-0.3, -0.25) is 0 Å². The lowest BCUT2D eigenvalue weighted by Gasteiger charge is -2.39. The molecule has 0 aromatic carbocycles. The molecule has 0 aliphatic heterocycles. The first-order valence-corrected chi connectivity index (χ1v) is 5.74. The summed E-state index contributed by atoms with van der Waals surface area (Å²) in [5.41, 5.74) is 0.668. The highest BCUT2D eigenvalue weighted by molar-refractivity contribution is 4.84. The second-order valence-corrected chi connectivity index (χ2v) is 5.26. The van der Waals surface area contributed by atoms with Crippen LogP contribution in [-0.2, 0) is 0 Å². The summed E-state index contributed by atoms with van der Waals surface area (Å²) in [6, 6.07) is 0.852. The predicted octanol–water partition coefficient (Wildman–Crippen LogP) is 3.30. The Labute approximate surface area is 83.5 Å². The molecule has 1 nitrogen and oxygen atoms in total. The molecule has 0 aromatic heterocycles. The lowest BCUT2D eigenvalue weighted by molar-refractivity contribution is 0.123. The monoisotopic (exact) mass is 183 g/mol. The molecule has 1 rings (SSSR count). The summed E-state index contributed by atoms with van der Waals surface area (Å²) in [5, 5.41) is 0. The van der Waals surface area contributed by atoms with Crippen LogP contribution in [0, 0.1) is 5.41 Å². The Hall–Kier alpha value is -0.0400. The largest absolute Gasteiger partial charge is 0.306 e. The minimum Gasteiger partial charge on any atom is -0.306 e. The maximum atomic E-state index is 2.47. The number of hydrogen-bond acceptors (Lipinski definition) is 1. The number of hydrogen-bond donors (Lipinski definition) is 0. The average molecular weight is 183 g/mol. The van der Waals surface area contributed by atoms with Crippen LogP contribution in [0.4, 0.5) is 0 Å². The Morgan fingerprint density at radius 1 is 1.23 bits per heavy atom. The first-order chi connectivity index (χ1) is 6.07. The van der Waals surface area contributed by atoms with Crippen molar-refractivity contribution in [3.05, 3.63) is 0 Å². The van der Waals surface area contributed by atoms with Crippen molar-refractivity contribution in [2.45, 2.75) is 58.4 Å². The first-order valence-electron chi connectivity index (χ1n) is 5.74. The molecule has 1 fully saturated rings. The van der Waals surface area contributed by atoms with Gasteiger partial charge in [0.15, 0.2) is 0 Å². The van der Waals surface area contributed by atoms with Crippen LogP contribution in [0.2, 0.25) is 0 Å². The van der Waals surface area contributed by atoms with Gasteiger partial charge in [0.2, 0.25) is 0 Å². The average Bonchev–Trinajstić information content (AvgIpc) is 2.05.